The standard InChI is InChI=1S/C55H33N7O/c1-3-12-34(13-4-1)45-31-39(32-46(59-45)35-14-5-2-6-15-35)61-47-18-9-7-16-40(47)42-24-21-37(30-50(42)61)36-22-25-49-43(28-36)41-17-8-10-19-48(41)62(49)55-58-33-57-54(60-55)38-23-26-51-44(29-38)53-52(63-51)20-11-27-56-53/h1-33H. The minimum absolute atomic E-state index is 0.544. The van der Waals surface area contributed by atoms with Crippen molar-refractivity contribution < 1.29 is 4.42 Å². The number of furan rings is 1. The molecule has 8 heteroatoms. The van der Waals surface area contributed by atoms with Gasteiger partial charge in [-0.15, -0.1) is 0 Å². The quantitative estimate of drug-likeness (QED) is 0.166. The molecule has 0 saturated heterocycles. The van der Waals surface area contributed by atoms with Gasteiger partial charge in [-0.1, -0.05) is 115 Å². The van der Waals surface area contributed by atoms with E-state index >= 15 is 0 Å². The molecular formula is C55H33N7O. The van der Waals surface area contributed by atoms with Gasteiger partial charge in [0.1, 0.15) is 17.4 Å². The fourth-order valence-corrected chi connectivity index (χ4v) is 9.23. The first-order valence-electron chi connectivity index (χ1n) is 20.9. The van der Waals surface area contributed by atoms with Crippen molar-refractivity contribution in [1.82, 2.24) is 34.1 Å². The molecule has 13 rings (SSSR count). The number of para-hydroxylation sites is 2. The zero-order chi connectivity index (χ0) is 41.4. The Bertz CT molecular complexity index is 3870. The van der Waals surface area contributed by atoms with E-state index in [-0.39, 0.29) is 0 Å². The predicted molar refractivity (Wildman–Crippen MR) is 253 cm³/mol. The molecule has 0 saturated carbocycles. The van der Waals surface area contributed by atoms with Crippen LogP contribution in [0.3, 0.4) is 0 Å². The average molecular weight is 808 g/mol. The Morgan fingerprint density at radius 2 is 0.984 bits per heavy atom. The van der Waals surface area contributed by atoms with Crippen molar-refractivity contribution in [3.8, 4) is 56.7 Å². The molecule has 0 atom stereocenters. The number of fused-ring (bicyclic) bond motifs is 9. The van der Waals surface area contributed by atoms with Gasteiger partial charge in [0.05, 0.1) is 39.1 Å². The fourth-order valence-electron chi connectivity index (χ4n) is 9.23. The molecule has 0 aliphatic carbocycles. The number of nitrogens with zero attached hydrogens (tertiary/aromatic N) is 7. The van der Waals surface area contributed by atoms with Crippen molar-refractivity contribution in [2.45, 2.75) is 0 Å². The smallest absolute Gasteiger partial charge is 0.238 e. The molecule has 13 aromatic rings. The van der Waals surface area contributed by atoms with Gasteiger partial charge < -0.3 is 8.98 Å². The summed E-state index contributed by atoms with van der Waals surface area (Å²) >= 11 is 0. The molecule has 8 nitrogen and oxygen atoms in total. The van der Waals surface area contributed by atoms with Gasteiger partial charge >= 0.3 is 0 Å². The molecule has 0 N–H and O–H groups in total. The molecule has 0 aliphatic rings. The Balaban J connectivity index is 0.961. The van der Waals surface area contributed by atoms with Crippen LogP contribution in [0.5, 0.6) is 0 Å². The fraction of sp³-hybridized carbons (Fsp3) is 0. The molecule has 0 radical (unpaired) electrons. The van der Waals surface area contributed by atoms with Gasteiger partial charge in [0.2, 0.25) is 5.95 Å². The summed E-state index contributed by atoms with van der Waals surface area (Å²) in [5.41, 5.74) is 14.7. The van der Waals surface area contributed by atoms with E-state index in [1.807, 2.05) is 42.5 Å². The molecule has 0 spiro atoms. The number of benzene rings is 7. The molecule has 0 amide bonds. The van der Waals surface area contributed by atoms with Gasteiger partial charge in [-0.25, -0.2) is 15.0 Å². The minimum atomic E-state index is 0.544. The second-order valence-corrected chi connectivity index (χ2v) is 15.8. The lowest BCUT2D eigenvalue weighted by Gasteiger charge is -2.14. The van der Waals surface area contributed by atoms with Crippen LogP contribution in [-0.4, -0.2) is 34.1 Å². The lowest BCUT2D eigenvalue weighted by Crippen LogP contribution is -2.03. The molecule has 63 heavy (non-hydrogen) atoms. The third-order valence-electron chi connectivity index (χ3n) is 12.1. The van der Waals surface area contributed by atoms with Crippen LogP contribution in [0.4, 0.5) is 0 Å². The van der Waals surface area contributed by atoms with Crippen LogP contribution in [-0.2, 0) is 0 Å². The summed E-state index contributed by atoms with van der Waals surface area (Å²) in [6, 6.07) is 65.7. The van der Waals surface area contributed by atoms with E-state index in [4.69, 9.17) is 19.4 Å². The normalized spacial score (nSPS) is 11.8. The van der Waals surface area contributed by atoms with E-state index in [0.29, 0.717) is 11.8 Å². The number of hydrogen-bond donors (Lipinski definition) is 0. The first kappa shape index (κ1) is 35.0. The molecule has 0 unspecified atom stereocenters. The summed E-state index contributed by atoms with van der Waals surface area (Å²) in [5.74, 6) is 1.11. The largest absolute Gasteiger partial charge is 0.454 e. The van der Waals surface area contributed by atoms with Gasteiger partial charge in [0.15, 0.2) is 11.4 Å². The van der Waals surface area contributed by atoms with Crippen LogP contribution in [0, 0.1) is 0 Å². The lowest BCUT2D eigenvalue weighted by atomic mass is 10.0. The second kappa shape index (κ2) is 13.9. The van der Waals surface area contributed by atoms with Crippen LogP contribution >= 0.6 is 0 Å². The van der Waals surface area contributed by atoms with E-state index in [2.05, 4.69) is 165 Å². The molecule has 0 bridgehead atoms. The van der Waals surface area contributed by atoms with Crippen LogP contribution in [0.1, 0.15) is 0 Å². The topological polar surface area (TPSA) is 87.5 Å². The van der Waals surface area contributed by atoms with E-state index < -0.39 is 0 Å². The summed E-state index contributed by atoms with van der Waals surface area (Å²) in [5, 5.41) is 5.53. The van der Waals surface area contributed by atoms with Gasteiger partial charge in [0, 0.05) is 49.8 Å². The van der Waals surface area contributed by atoms with Crippen molar-refractivity contribution in [2.24, 2.45) is 0 Å². The van der Waals surface area contributed by atoms with Crippen LogP contribution in [0.15, 0.2) is 205 Å². The van der Waals surface area contributed by atoms with Gasteiger partial charge in [-0.05, 0) is 83.9 Å². The minimum Gasteiger partial charge on any atom is -0.454 e. The highest BCUT2D eigenvalue weighted by molar-refractivity contribution is 6.12. The maximum absolute atomic E-state index is 6.04. The maximum Gasteiger partial charge on any atom is 0.238 e. The van der Waals surface area contributed by atoms with Crippen molar-refractivity contribution in [2.75, 3.05) is 0 Å². The Morgan fingerprint density at radius 3 is 1.76 bits per heavy atom. The first-order chi connectivity index (χ1) is 31.2. The number of pyridine rings is 2. The average Bonchev–Trinajstić information content (AvgIpc) is 4.01. The summed E-state index contributed by atoms with van der Waals surface area (Å²) < 4.78 is 10.6. The molecular weight excluding hydrogens is 775 g/mol. The Morgan fingerprint density at radius 1 is 0.365 bits per heavy atom. The summed E-state index contributed by atoms with van der Waals surface area (Å²) in [6.07, 6.45) is 3.37. The summed E-state index contributed by atoms with van der Waals surface area (Å²) in [7, 11) is 0. The third kappa shape index (κ3) is 5.66. The number of rotatable bonds is 6. The van der Waals surface area contributed by atoms with Crippen LogP contribution in [0.2, 0.25) is 0 Å². The number of aromatic nitrogens is 7. The molecule has 294 valence electrons. The third-order valence-corrected chi connectivity index (χ3v) is 12.1. The lowest BCUT2D eigenvalue weighted by molar-refractivity contribution is 0.668. The van der Waals surface area contributed by atoms with Crippen molar-refractivity contribution in [3.63, 3.8) is 0 Å². The van der Waals surface area contributed by atoms with Gasteiger partial charge in [-0.3, -0.25) is 9.55 Å². The summed E-state index contributed by atoms with van der Waals surface area (Å²) in [6.45, 7) is 0. The van der Waals surface area contributed by atoms with Crippen molar-refractivity contribution in [3.05, 3.63) is 201 Å². The maximum atomic E-state index is 6.04. The van der Waals surface area contributed by atoms with Crippen molar-refractivity contribution >= 4 is 65.7 Å². The Kier molecular flexibility index (Phi) is 7.74. The number of hydrogen-bond acceptors (Lipinski definition) is 6. The van der Waals surface area contributed by atoms with E-state index in [1.165, 1.54) is 10.8 Å². The zero-order valence-corrected chi connectivity index (χ0v) is 33.6. The predicted octanol–water partition coefficient (Wildman–Crippen LogP) is 13.4. The highest BCUT2D eigenvalue weighted by atomic mass is 16.3. The van der Waals surface area contributed by atoms with E-state index in [9.17, 15) is 0 Å². The Labute approximate surface area is 360 Å². The van der Waals surface area contributed by atoms with Crippen LogP contribution < -0.4 is 0 Å². The van der Waals surface area contributed by atoms with E-state index in [0.717, 1.165) is 99.8 Å². The van der Waals surface area contributed by atoms with Crippen LogP contribution in [0.25, 0.3) is 122 Å². The summed E-state index contributed by atoms with van der Waals surface area (Å²) in [4.78, 5) is 24.2. The second-order valence-electron chi connectivity index (χ2n) is 15.8. The van der Waals surface area contributed by atoms with Gasteiger partial charge in [-0.2, -0.15) is 4.98 Å². The molecule has 6 heterocycles. The van der Waals surface area contributed by atoms with E-state index in [1.54, 1.807) is 12.5 Å². The van der Waals surface area contributed by atoms with Gasteiger partial charge in [0.25, 0.3) is 0 Å². The SMILES string of the molecule is c1ccc(-c2cc(-n3c4ccccc4c4ccc(-c5ccc6c(c5)c5ccccc5n6-c5ncnc(-c6ccc7oc8cccnc8c7c6)n5)cc43)cc(-c3ccccc3)n2)cc1. The Hall–Kier alpha value is -8.75. The molecule has 0 aliphatic heterocycles. The first-order valence-corrected chi connectivity index (χ1v) is 20.9. The monoisotopic (exact) mass is 807 g/mol. The highest BCUT2D eigenvalue weighted by Gasteiger charge is 2.19. The highest BCUT2D eigenvalue weighted by Crippen LogP contribution is 2.39. The van der Waals surface area contributed by atoms with Crippen molar-refractivity contribution in [1.29, 1.82) is 0 Å². The molecule has 7 aromatic carbocycles. The molecule has 0 fully saturated rings. The molecule has 6 aromatic heterocycles. The zero-order valence-electron chi connectivity index (χ0n) is 33.6.